The Morgan fingerprint density at radius 1 is 1.21 bits per heavy atom. The smallest absolute Gasteiger partial charge is 0.295 e. The molecule has 0 saturated heterocycles. The summed E-state index contributed by atoms with van der Waals surface area (Å²) in [6.45, 7) is -0.121. The average Bonchev–Trinajstić information content (AvgIpc) is 3.37. The molecule has 10 heteroatoms. The molecule has 4 rings (SSSR count). The molecule has 1 amide bonds. The molecule has 170 valence electrons. The number of nitrogens with zero attached hydrogens (tertiary/aromatic N) is 3. The number of hydrogen-bond acceptors (Lipinski definition) is 8. The molecule has 3 N–H and O–H groups in total. The van der Waals surface area contributed by atoms with Crippen LogP contribution < -0.4 is 15.8 Å². The maximum Gasteiger partial charge on any atom is 0.295 e. The third-order valence-corrected chi connectivity index (χ3v) is 4.77. The number of hydrogen-bond donors (Lipinski definition) is 2. The Bertz CT molecular complexity index is 1380. The lowest BCUT2D eigenvalue weighted by atomic mass is 9.97. The number of anilines is 2. The van der Waals surface area contributed by atoms with Crippen LogP contribution in [0.5, 0.6) is 5.75 Å². The molecule has 2 aromatic carbocycles. The van der Waals surface area contributed by atoms with Gasteiger partial charge in [-0.2, -0.15) is 5.26 Å². The van der Waals surface area contributed by atoms with Crippen molar-refractivity contribution in [3.05, 3.63) is 77.9 Å². The number of benzene rings is 2. The second-order valence-electron chi connectivity index (χ2n) is 7.04. The van der Waals surface area contributed by atoms with Crippen LogP contribution in [0.4, 0.5) is 15.9 Å². The number of ether oxygens (including phenoxy) is 2. The molecule has 0 bridgehead atoms. The molecule has 0 fully saturated rings. The Kier molecular flexibility index (Phi) is 6.47. The van der Waals surface area contributed by atoms with Gasteiger partial charge in [-0.3, -0.25) is 4.79 Å². The average molecular weight is 459 g/mol. The van der Waals surface area contributed by atoms with E-state index >= 15 is 0 Å². The third kappa shape index (κ3) is 4.69. The van der Waals surface area contributed by atoms with Crippen molar-refractivity contribution in [3.8, 4) is 34.2 Å². The molecule has 2 heterocycles. The van der Waals surface area contributed by atoms with Crippen LogP contribution in [0, 0.1) is 17.1 Å². The first kappa shape index (κ1) is 22.4. The second kappa shape index (κ2) is 9.81. The largest absolute Gasteiger partial charge is 0.467 e. The fourth-order valence-electron chi connectivity index (χ4n) is 3.27. The van der Waals surface area contributed by atoms with Gasteiger partial charge in [0, 0.05) is 36.1 Å². The molecule has 2 aromatic heterocycles. The van der Waals surface area contributed by atoms with E-state index in [0.29, 0.717) is 28.1 Å². The monoisotopic (exact) mass is 459 g/mol. The quantitative estimate of drug-likeness (QED) is 0.309. The zero-order chi connectivity index (χ0) is 24.1. The highest BCUT2D eigenvalue weighted by atomic mass is 19.1. The number of nitrogens with one attached hydrogen (secondary N) is 1. The fraction of sp³-hybridized carbons (Fsp3) is 0.0833. The fourth-order valence-corrected chi connectivity index (χ4v) is 3.27. The van der Waals surface area contributed by atoms with Crippen LogP contribution in [0.3, 0.4) is 0 Å². The molecule has 4 aromatic rings. The first-order valence-electron chi connectivity index (χ1n) is 9.95. The lowest BCUT2D eigenvalue weighted by Gasteiger charge is -2.15. The highest BCUT2D eigenvalue weighted by Gasteiger charge is 2.21. The number of nitrogen functional groups attached to an aromatic ring is 1. The van der Waals surface area contributed by atoms with Gasteiger partial charge in [-0.05, 0) is 35.9 Å². The molecule has 0 atom stereocenters. The topological polar surface area (TPSA) is 136 Å². The molecular weight excluding hydrogens is 441 g/mol. The van der Waals surface area contributed by atoms with Gasteiger partial charge in [0.05, 0.1) is 11.9 Å². The van der Waals surface area contributed by atoms with E-state index in [2.05, 4.69) is 21.5 Å². The Balaban J connectivity index is 1.92. The Morgan fingerprint density at radius 3 is 2.76 bits per heavy atom. The normalized spacial score (nSPS) is 10.5. The van der Waals surface area contributed by atoms with E-state index in [1.807, 2.05) is 0 Å². The number of carbonyl (C=O) groups excluding carboxylic acids is 1. The van der Waals surface area contributed by atoms with E-state index in [1.54, 1.807) is 30.3 Å². The Labute approximate surface area is 193 Å². The van der Waals surface area contributed by atoms with Crippen molar-refractivity contribution in [1.29, 1.82) is 5.26 Å². The van der Waals surface area contributed by atoms with E-state index < -0.39 is 11.7 Å². The predicted octanol–water partition coefficient (Wildman–Crippen LogP) is 4.23. The summed E-state index contributed by atoms with van der Waals surface area (Å²) in [6.07, 6.45) is 1.32. The van der Waals surface area contributed by atoms with Crippen LogP contribution in [-0.2, 0) is 4.74 Å². The molecule has 0 saturated carbocycles. The molecule has 0 aliphatic rings. The molecule has 34 heavy (non-hydrogen) atoms. The lowest BCUT2D eigenvalue weighted by Crippen LogP contribution is -2.14. The van der Waals surface area contributed by atoms with Gasteiger partial charge in [0.1, 0.15) is 23.2 Å². The minimum absolute atomic E-state index is 0.0270. The van der Waals surface area contributed by atoms with Crippen LogP contribution >= 0.6 is 0 Å². The molecule has 0 radical (unpaired) electrons. The third-order valence-electron chi connectivity index (χ3n) is 4.77. The number of amides is 1. The van der Waals surface area contributed by atoms with Gasteiger partial charge in [-0.25, -0.2) is 9.37 Å². The van der Waals surface area contributed by atoms with Crippen LogP contribution in [0.2, 0.25) is 0 Å². The summed E-state index contributed by atoms with van der Waals surface area (Å²) in [4.78, 5) is 17.1. The van der Waals surface area contributed by atoms with E-state index in [4.69, 9.17) is 19.7 Å². The lowest BCUT2D eigenvalue weighted by molar-refractivity contribution is 0.0513. The van der Waals surface area contributed by atoms with E-state index in [0.717, 1.165) is 0 Å². The van der Waals surface area contributed by atoms with Crippen molar-refractivity contribution >= 4 is 17.4 Å². The van der Waals surface area contributed by atoms with Crippen LogP contribution in [0.15, 0.2) is 65.3 Å². The highest BCUT2D eigenvalue weighted by Crippen LogP contribution is 2.36. The Morgan fingerprint density at radius 2 is 2.06 bits per heavy atom. The first-order chi connectivity index (χ1) is 16.5. The van der Waals surface area contributed by atoms with Gasteiger partial charge in [0.15, 0.2) is 12.6 Å². The molecule has 9 nitrogen and oxygen atoms in total. The van der Waals surface area contributed by atoms with E-state index in [9.17, 15) is 14.4 Å². The minimum Gasteiger partial charge on any atom is -0.467 e. The summed E-state index contributed by atoms with van der Waals surface area (Å²) in [5.41, 5.74) is 8.35. The zero-order valence-corrected chi connectivity index (χ0v) is 17.9. The number of aromatic nitrogens is 2. The van der Waals surface area contributed by atoms with Crippen LogP contribution in [0.1, 0.15) is 16.1 Å². The van der Waals surface area contributed by atoms with Crippen LogP contribution in [0.25, 0.3) is 22.4 Å². The number of methoxy groups -OCH3 is 1. The molecule has 0 aliphatic carbocycles. The number of nitriles is 1. The van der Waals surface area contributed by atoms with E-state index in [-0.39, 0.29) is 29.7 Å². The standard InChI is InChI=1S/C24H18FN5O4/c1-32-13-33-22-10-15(25)5-6-17(22)20-11-18(14-3-2-4-16(27)9-14)19(12-26)23(29-20)30-24(31)21-7-8-28-34-21/h2-11H,13,27H2,1H3,(H,29,30,31). The second-order valence-corrected chi connectivity index (χ2v) is 7.04. The van der Waals surface area contributed by atoms with Crippen molar-refractivity contribution in [1.82, 2.24) is 10.1 Å². The number of nitrogens with two attached hydrogens (primary N) is 1. The first-order valence-corrected chi connectivity index (χ1v) is 9.95. The molecular formula is C24H18FN5O4. The summed E-state index contributed by atoms with van der Waals surface area (Å²) in [6, 6.07) is 16.0. The summed E-state index contributed by atoms with van der Waals surface area (Å²) >= 11 is 0. The molecule has 0 spiro atoms. The number of pyridine rings is 1. The minimum atomic E-state index is -0.646. The van der Waals surface area contributed by atoms with Gasteiger partial charge < -0.3 is 25.0 Å². The summed E-state index contributed by atoms with van der Waals surface area (Å²) in [5.74, 6) is -1.08. The van der Waals surface area contributed by atoms with Gasteiger partial charge in [-0.1, -0.05) is 17.3 Å². The van der Waals surface area contributed by atoms with Crippen molar-refractivity contribution in [2.45, 2.75) is 0 Å². The van der Waals surface area contributed by atoms with Crippen molar-refractivity contribution in [2.24, 2.45) is 0 Å². The molecule has 0 aliphatic heterocycles. The van der Waals surface area contributed by atoms with Gasteiger partial charge in [0.2, 0.25) is 5.76 Å². The maximum absolute atomic E-state index is 13.9. The maximum atomic E-state index is 13.9. The van der Waals surface area contributed by atoms with Gasteiger partial charge in [0.25, 0.3) is 5.91 Å². The molecule has 0 unspecified atom stereocenters. The number of carbonyl (C=O) groups is 1. The van der Waals surface area contributed by atoms with Crippen molar-refractivity contribution in [2.75, 3.05) is 25.0 Å². The highest BCUT2D eigenvalue weighted by molar-refractivity contribution is 6.03. The van der Waals surface area contributed by atoms with Crippen molar-refractivity contribution in [3.63, 3.8) is 0 Å². The SMILES string of the molecule is COCOc1cc(F)ccc1-c1cc(-c2cccc(N)c2)c(C#N)c(NC(=O)c2ccno2)n1. The number of rotatable bonds is 7. The number of halogens is 1. The summed E-state index contributed by atoms with van der Waals surface area (Å²) in [5, 5.41) is 16.1. The summed E-state index contributed by atoms with van der Waals surface area (Å²) < 4.78 is 29.3. The van der Waals surface area contributed by atoms with Gasteiger partial charge in [-0.15, -0.1) is 0 Å². The zero-order valence-electron chi connectivity index (χ0n) is 17.9. The van der Waals surface area contributed by atoms with Crippen molar-refractivity contribution < 1.29 is 23.2 Å². The Hall–Kier alpha value is -4.75. The predicted molar refractivity (Wildman–Crippen MR) is 121 cm³/mol. The van der Waals surface area contributed by atoms with Gasteiger partial charge >= 0.3 is 0 Å². The summed E-state index contributed by atoms with van der Waals surface area (Å²) in [7, 11) is 1.44. The van der Waals surface area contributed by atoms with E-state index in [1.165, 1.54) is 37.6 Å². The van der Waals surface area contributed by atoms with Crippen LogP contribution in [-0.4, -0.2) is 30.0 Å².